The molecule has 1 N–H and O–H groups in total. The summed E-state index contributed by atoms with van der Waals surface area (Å²) in [4.78, 5) is 20.5. The highest BCUT2D eigenvalue weighted by molar-refractivity contribution is 8.14. The molecular weight excluding hydrogens is 152 g/mol. The average Bonchev–Trinajstić information content (AvgIpc) is 1.58. The fraction of sp³-hybridized carbons (Fsp3) is 0.667. The van der Waals surface area contributed by atoms with E-state index in [0.717, 1.165) is 11.8 Å². The molecule has 3 nitrogen and oxygen atoms in total. The molecule has 10 heavy (non-hydrogen) atoms. The Morgan fingerprint density at radius 2 is 2.10 bits per heavy atom. The highest BCUT2D eigenvalue weighted by Crippen LogP contribution is 2.13. The maximum absolute atomic E-state index is 10.4. The van der Waals surface area contributed by atoms with Gasteiger partial charge in [-0.3, -0.25) is 9.59 Å². The fourth-order valence-electron chi connectivity index (χ4n) is 0.571. The minimum atomic E-state index is -0.860. The van der Waals surface area contributed by atoms with E-state index in [0.29, 0.717) is 0 Å². The minimum Gasteiger partial charge on any atom is -0.481 e. The van der Waals surface area contributed by atoms with Crippen molar-refractivity contribution in [2.45, 2.75) is 25.5 Å². The van der Waals surface area contributed by atoms with E-state index in [9.17, 15) is 9.59 Å². The molecule has 1 atom stereocenters. The number of carboxylic acids is 1. The van der Waals surface area contributed by atoms with Crippen molar-refractivity contribution >= 4 is 22.8 Å². The Morgan fingerprint density at radius 1 is 1.60 bits per heavy atom. The SMILES string of the molecule is CC(=O)S[C@@H](C)CC(=O)O. The molecule has 4 heteroatoms. The average molecular weight is 162 g/mol. The quantitative estimate of drug-likeness (QED) is 0.675. The van der Waals surface area contributed by atoms with Gasteiger partial charge in [-0.2, -0.15) is 0 Å². The normalized spacial score (nSPS) is 12.6. The van der Waals surface area contributed by atoms with E-state index in [4.69, 9.17) is 5.11 Å². The first kappa shape index (κ1) is 9.49. The molecule has 0 amide bonds. The van der Waals surface area contributed by atoms with Gasteiger partial charge in [0, 0.05) is 12.2 Å². The molecular formula is C6H10O3S. The Morgan fingerprint density at radius 3 is 2.40 bits per heavy atom. The third-order valence-corrected chi connectivity index (χ3v) is 1.73. The summed E-state index contributed by atoms with van der Waals surface area (Å²) in [5, 5.41) is 8.12. The second kappa shape index (κ2) is 4.33. The van der Waals surface area contributed by atoms with Crippen LogP contribution in [-0.2, 0) is 9.59 Å². The number of hydrogen-bond acceptors (Lipinski definition) is 3. The summed E-state index contributed by atoms with van der Waals surface area (Å²) >= 11 is 1.06. The lowest BCUT2D eigenvalue weighted by atomic mass is 10.3. The van der Waals surface area contributed by atoms with Crippen LogP contribution in [0.15, 0.2) is 0 Å². The van der Waals surface area contributed by atoms with Crippen LogP contribution in [0.2, 0.25) is 0 Å². The van der Waals surface area contributed by atoms with Gasteiger partial charge in [0.15, 0.2) is 5.12 Å². The monoisotopic (exact) mass is 162 g/mol. The number of carbonyl (C=O) groups is 2. The zero-order valence-corrected chi connectivity index (χ0v) is 6.77. The lowest BCUT2D eigenvalue weighted by Gasteiger charge is -2.02. The number of rotatable bonds is 3. The standard InChI is InChI=1S/C6H10O3S/c1-4(3-6(8)9)10-5(2)7/h4H,3H2,1-2H3,(H,8,9)/t4-/m0/s1. The molecule has 0 aliphatic carbocycles. The van der Waals surface area contributed by atoms with Crippen LogP contribution in [0.25, 0.3) is 0 Å². The molecule has 0 aromatic carbocycles. The predicted octanol–water partition coefficient (Wildman–Crippen LogP) is 1.13. The molecule has 0 heterocycles. The van der Waals surface area contributed by atoms with E-state index in [1.807, 2.05) is 0 Å². The summed E-state index contributed by atoms with van der Waals surface area (Å²) in [5.74, 6) is -0.860. The van der Waals surface area contributed by atoms with Crippen LogP contribution in [0.3, 0.4) is 0 Å². The Labute approximate surface area is 63.8 Å². The van der Waals surface area contributed by atoms with Crippen LogP contribution in [-0.4, -0.2) is 21.4 Å². The summed E-state index contributed by atoms with van der Waals surface area (Å²) in [7, 11) is 0. The van der Waals surface area contributed by atoms with E-state index < -0.39 is 5.97 Å². The fourth-order valence-corrected chi connectivity index (χ4v) is 1.36. The molecule has 0 aromatic rings. The van der Waals surface area contributed by atoms with Gasteiger partial charge in [-0.1, -0.05) is 18.7 Å². The maximum atomic E-state index is 10.4. The molecule has 0 saturated heterocycles. The first-order valence-electron chi connectivity index (χ1n) is 2.91. The van der Waals surface area contributed by atoms with Crippen molar-refractivity contribution < 1.29 is 14.7 Å². The molecule has 0 spiro atoms. The highest BCUT2D eigenvalue weighted by Gasteiger charge is 2.09. The van der Waals surface area contributed by atoms with Crippen LogP contribution in [0, 0.1) is 0 Å². The lowest BCUT2D eigenvalue weighted by Crippen LogP contribution is -2.07. The number of carbonyl (C=O) groups excluding carboxylic acids is 1. The summed E-state index contributed by atoms with van der Waals surface area (Å²) < 4.78 is 0. The van der Waals surface area contributed by atoms with Gasteiger partial charge < -0.3 is 5.11 Å². The van der Waals surface area contributed by atoms with Gasteiger partial charge in [-0.05, 0) is 0 Å². The molecule has 0 bridgehead atoms. The largest absolute Gasteiger partial charge is 0.481 e. The highest BCUT2D eigenvalue weighted by atomic mass is 32.2. The van der Waals surface area contributed by atoms with Crippen LogP contribution in [0.5, 0.6) is 0 Å². The van der Waals surface area contributed by atoms with Gasteiger partial charge in [-0.15, -0.1) is 0 Å². The van der Waals surface area contributed by atoms with Gasteiger partial charge in [0.1, 0.15) is 0 Å². The zero-order chi connectivity index (χ0) is 8.15. The van der Waals surface area contributed by atoms with Gasteiger partial charge in [0.25, 0.3) is 0 Å². The second-order valence-electron chi connectivity index (χ2n) is 2.02. The third-order valence-electron chi connectivity index (χ3n) is 0.829. The summed E-state index contributed by atoms with van der Waals surface area (Å²) in [6.45, 7) is 3.16. The zero-order valence-electron chi connectivity index (χ0n) is 5.96. The summed E-state index contributed by atoms with van der Waals surface area (Å²) in [5.41, 5.74) is 0. The lowest BCUT2D eigenvalue weighted by molar-refractivity contribution is -0.136. The van der Waals surface area contributed by atoms with Crippen molar-refractivity contribution in [1.29, 1.82) is 0 Å². The molecule has 58 valence electrons. The van der Waals surface area contributed by atoms with Gasteiger partial charge >= 0.3 is 5.97 Å². The molecule has 0 radical (unpaired) electrons. The van der Waals surface area contributed by atoms with Crippen LogP contribution in [0.1, 0.15) is 20.3 Å². The molecule has 0 aliphatic rings. The van der Waals surface area contributed by atoms with Crippen molar-refractivity contribution in [3.63, 3.8) is 0 Å². The van der Waals surface area contributed by atoms with Crippen molar-refractivity contribution in [3.8, 4) is 0 Å². The Kier molecular flexibility index (Phi) is 4.11. The molecule has 0 aromatic heterocycles. The number of thioether (sulfide) groups is 1. The van der Waals surface area contributed by atoms with E-state index >= 15 is 0 Å². The first-order valence-corrected chi connectivity index (χ1v) is 3.79. The summed E-state index contributed by atoms with van der Waals surface area (Å²) in [6, 6.07) is 0. The Balaban J connectivity index is 3.53. The summed E-state index contributed by atoms with van der Waals surface area (Å²) in [6.07, 6.45) is 0.0459. The van der Waals surface area contributed by atoms with E-state index in [1.54, 1.807) is 6.92 Å². The molecule has 0 rings (SSSR count). The van der Waals surface area contributed by atoms with Crippen LogP contribution in [0.4, 0.5) is 0 Å². The number of carboxylic acid groups (broad SMARTS) is 1. The molecule has 0 saturated carbocycles. The van der Waals surface area contributed by atoms with Crippen LogP contribution < -0.4 is 0 Å². The van der Waals surface area contributed by atoms with Crippen molar-refractivity contribution in [2.75, 3.05) is 0 Å². The predicted molar refractivity (Wildman–Crippen MR) is 40.0 cm³/mol. The van der Waals surface area contributed by atoms with Crippen molar-refractivity contribution in [2.24, 2.45) is 0 Å². The first-order chi connectivity index (χ1) is 4.52. The topological polar surface area (TPSA) is 54.4 Å². The molecule has 0 unspecified atom stereocenters. The van der Waals surface area contributed by atoms with E-state index in [1.165, 1.54) is 6.92 Å². The van der Waals surface area contributed by atoms with Gasteiger partial charge in [0.2, 0.25) is 0 Å². The van der Waals surface area contributed by atoms with E-state index in [2.05, 4.69) is 0 Å². The number of hydrogen-bond donors (Lipinski definition) is 1. The van der Waals surface area contributed by atoms with Gasteiger partial charge in [-0.25, -0.2) is 0 Å². The third kappa shape index (κ3) is 5.62. The van der Waals surface area contributed by atoms with Crippen LogP contribution >= 0.6 is 11.8 Å². The van der Waals surface area contributed by atoms with E-state index in [-0.39, 0.29) is 16.8 Å². The Bertz CT molecular complexity index is 128. The molecule has 0 aliphatic heterocycles. The molecule has 0 fully saturated rings. The van der Waals surface area contributed by atoms with Crippen molar-refractivity contribution in [3.05, 3.63) is 0 Å². The van der Waals surface area contributed by atoms with Crippen molar-refractivity contribution in [1.82, 2.24) is 0 Å². The number of aliphatic carboxylic acids is 1. The smallest absolute Gasteiger partial charge is 0.304 e. The maximum Gasteiger partial charge on any atom is 0.304 e. The minimum absolute atomic E-state index is 0.0336. The Hall–Kier alpha value is -0.510. The van der Waals surface area contributed by atoms with Gasteiger partial charge in [0.05, 0.1) is 6.42 Å². The second-order valence-corrected chi connectivity index (χ2v) is 3.63.